The molecule has 1 aromatic heterocycles. The van der Waals surface area contributed by atoms with Crippen LogP contribution in [0.4, 0.5) is 0 Å². The Morgan fingerprint density at radius 2 is 2.21 bits per heavy atom. The highest BCUT2D eigenvalue weighted by Gasteiger charge is 2.41. The Morgan fingerprint density at radius 1 is 1.43 bits per heavy atom. The molecule has 2 heterocycles. The first kappa shape index (κ1) is 9.61. The lowest BCUT2D eigenvalue weighted by molar-refractivity contribution is -0.131. The molecule has 14 heavy (non-hydrogen) atoms. The summed E-state index contributed by atoms with van der Waals surface area (Å²) >= 11 is 0. The summed E-state index contributed by atoms with van der Waals surface area (Å²) in [5.41, 5.74) is 0. The maximum atomic E-state index is 5.72. The zero-order chi connectivity index (χ0) is 10.1. The van der Waals surface area contributed by atoms with E-state index in [0.717, 1.165) is 5.82 Å². The number of aromatic nitrogens is 3. The molecule has 2 rings (SSSR count). The van der Waals surface area contributed by atoms with Gasteiger partial charge in [-0.15, -0.1) is 0 Å². The zero-order valence-electron chi connectivity index (χ0n) is 8.60. The van der Waals surface area contributed by atoms with Crippen LogP contribution in [0.5, 0.6) is 0 Å². The van der Waals surface area contributed by atoms with Crippen molar-refractivity contribution in [2.24, 2.45) is 11.8 Å². The molecule has 0 radical (unpaired) electrons. The molecule has 1 aromatic rings. The van der Waals surface area contributed by atoms with E-state index in [1.54, 1.807) is 7.11 Å². The highest BCUT2D eigenvalue weighted by Crippen LogP contribution is 2.40. The quantitative estimate of drug-likeness (QED) is 0.771. The summed E-state index contributed by atoms with van der Waals surface area (Å²) in [7, 11) is 1.66. The first-order valence-electron chi connectivity index (χ1n) is 4.77. The van der Waals surface area contributed by atoms with Gasteiger partial charge in [0.15, 0.2) is 12.1 Å². The van der Waals surface area contributed by atoms with Gasteiger partial charge in [0.05, 0.1) is 0 Å². The van der Waals surface area contributed by atoms with Crippen molar-refractivity contribution in [3.63, 3.8) is 0 Å². The molecule has 1 fully saturated rings. The third kappa shape index (κ3) is 1.42. The van der Waals surface area contributed by atoms with Crippen LogP contribution in [0.15, 0.2) is 6.33 Å². The Bertz CT molecular complexity index is 288. The fourth-order valence-electron chi connectivity index (χ4n) is 1.85. The van der Waals surface area contributed by atoms with Gasteiger partial charge in [-0.05, 0) is 5.92 Å². The standard InChI is InChI=1S/C9H15N3O2/c1-5-6(2)9(13-3)14-7(5)8-10-4-11-12-8/h4-7,9H,1-3H3,(H,10,11,12)/t5-,6+,7-,9?/m0/s1. The minimum absolute atomic E-state index is 0.0301. The molecule has 0 aromatic carbocycles. The Kier molecular flexibility index (Phi) is 2.52. The lowest BCUT2D eigenvalue weighted by atomic mass is 9.93. The predicted octanol–water partition coefficient (Wildman–Crippen LogP) is 1.12. The van der Waals surface area contributed by atoms with Gasteiger partial charge < -0.3 is 9.47 Å². The Morgan fingerprint density at radius 3 is 2.71 bits per heavy atom. The number of hydrogen-bond acceptors (Lipinski definition) is 4. The molecule has 0 saturated carbocycles. The van der Waals surface area contributed by atoms with Gasteiger partial charge in [-0.2, -0.15) is 5.10 Å². The molecule has 1 aliphatic heterocycles. The van der Waals surface area contributed by atoms with Gasteiger partial charge in [0, 0.05) is 13.0 Å². The van der Waals surface area contributed by atoms with Crippen molar-refractivity contribution in [3.8, 4) is 0 Å². The topological polar surface area (TPSA) is 60.0 Å². The Balaban J connectivity index is 2.16. The molecular weight excluding hydrogens is 182 g/mol. The van der Waals surface area contributed by atoms with Crippen LogP contribution in [0.25, 0.3) is 0 Å². The lowest BCUT2D eigenvalue weighted by Crippen LogP contribution is -2.17. The number of ether oxygens (including phenoxy) is 2. The lowest BCUT2D eigenvalue weighted by Gasteiger charge is -2.13. The van der Waals surface area contributed by atoms with E-state index >= 15 is 0 Å². The van der Waals surface area contributed by atoms with Crippen molar-refractivity contribution in [1.29, 1.82) is 0 Å². The molecule has 5 nitrogen and oxygen atoms in total. The van der Waals surface area contributed by atoms with Crippen LogP contribution in [-0.2, 0) is 9.47 Å². The Hall–Kier alpha value is -0.940. The summed E-state index contributed by atoms with van der Waals surface area (Å²) in [6.45, 7) is 4.26. The van der Waals surface area contributed by atoms with E-state index in [-0.39, 0.29) is 12.4 Å². The van der Waals surface area contributed by atoms with Gasteiger partial charge in [-0.25, -0.2) is 4.98 Å². The van der Waals surface area contributed by atoms with E-state index in [0.29, 0.717) is 11.8 Å². The smallest absolute Gasteiger partial charge is 0.161 e. The summed E-state index contributed by atoms with van der Waals surface area (Å²) in [6.07, 6.45) is 1.33. The summed E-state index contributed by atoms with van der Waals surface area (Å²) in [4.78, 5) is 4.10. The van der Waals surface area contributed by atoms with E-state index in [9.17, 15) is 0 Å². The minimum atomic E-state index is -0.139. The molecule has 4 atom stereocenters. The third-order valence-electron chi connectivity index (χ3n) is 2.95. The number of nitrogens with zero attached hydrogens (tertiary/aromatic N) is 2. The normalized spacial score (nSPS) is 37.6. The van der Waals surface area contributed by atoms with Crippen LogP contribution in [0.1, 0.15) is 25.8 Å². The van der Waals surface area contributed by atoms with Crippen molar-refractivity contribution in [2.75, 3.05) is 7.11 Å². The van der Waals surface area contributed by atoms with E-state index in [4.69, 9.17) is 9.47 Å². The van der Waals surface area contributed by atoms with Crippen LogP contribution < -0.4 is 0 Å². The van der Waals surface area contributed by atoms with E-state index in [1.165, 1.54) is 6.33 Å². The van der Waals surface area contributed by atoms with Gasteiger partial charge in [-0.1, -0.05) is 13.8 Å². The second-order valence-electron chi connectivity index (χ2n) is 3.75. The zero-order valence-corrected chi connectivity index (χ0v) is 8.60. The molecule has 0 spiro atoms. The number of methoxy groups -OCH3 is 1. The van der Waals surface area contributed by atoms with Gasteiger partial charge in [0.25, 0.3) is 0 Å². The predicted molar refractivity (Wildman–Crippen MR) is 49.3 cm³/mol. The van der Waals surface area contributed by atoms with E-state index in [2.05, 4.69) is 29.0 Å². The van der Waals surface area contributed by atoms with Crippen LogP contribution >= 0.6 is 0 Å². The summed E-state index contributed by atoms with van der Waals surface area (Å²) in [6, 6.07) is 0. The number of nitrogens with one attached hydrogen (secondary N) is 1. The highest BCUT2D eigenvalue weighted by molar-refractivity contribution is 4.95. The van der Waals surface area contributed by atoms with Crippen LogP contribution in [-0.4, -0.2) is 28.6 Å². The van der Waals surface area contributed by atoms with Crippen LogP contribution in [0, 0.1) is 11.8 Å². The van der Waals surface area contributed by atoms with E-state index in [1.807, 2.05) is 0 Å². The molecule has 0 amide bonds. The molecule has 0 aliphatic carbocycles. The van der Waals surface area contributed by atoms with Crippen LogP contribution in [0.3, 0.4) is 0 Å². The van der Waals surface area contributed by atoms with Crippen molar-refractivity contribution >= 4 is 0 Å². The Labute approximate surface area is 82.8 Å². The highest BCUT2D eigenvalue weighted by atomic mass is 16.7. The molecule has 1 N–H and O–H groups in total. The fraction of sp³-hybridized carbons (Fsp3) is 0.778. The summed E-state index contributed by atoms with van der Waals surface area (Å²) < 4.78 is 11.0. The molecule has 0 bridgehead atoms. The van der Waals surface area contributed by atoms with Crippen molar-refractivity contribution in [3.05, 3.63) is 12.2 Å². The molecule has 1 saturated heterocycles. The second kappa shape index (κ2) is 3.67. The van der Waals surface area contributed by atoms with E-state index < -0.39 is 0 Å². The average molecular weight is 197 g/mol. The number of aromatic amines is 1. The average Bonchev–Trinajstić information content (AvgIpc) is 2.78. The maximum absolute atomic E-state index is 5.72. The fourth-order valence-corrected chi connectivity index (χ4v) is 1.85. The third-order valence-corrected chi connectivity index (χ3v) is 2.95. The largest absolute Gasteiger partial charge is 0.356 e. The van der Waals surface area contributed by atoms with Crippen LogP contribution in [0.2, 0.25) is 0 Å². The van der Waals surface area contributed by atoms with Gasteiger partial charge in [0.1, 0.15) is 12.4 Å². The molecule has 78 valence electrons. The molecule has 1 unspecified atom stereocenters. The summed E-state index contributed by atoms with van der Waals surface area (Å²) in [5, 5.41) is 6.65. The van der Waals surface area contributed by atoms with Crippen molar-refractivity contribution < 1.29 is 9.47 Å². The van der Waals surface area contributed by atoms with Gasteiger partial charge >= 0.3 is 0 Å². The first-order chi connectivity index (χ1) is 6.74. The molecular formula is C9H15N3O2. The van der Waals surface area contributed by atoms with Crippen molar-refractivity contribution in [2.45, 2.75) is 26.2 Å². The van der Waals surface area contributed by atoms with Gasteiger partial charge in [-0.3, -0.25) is 5.10 Å². The number of rotatable bonds is 2. The minimum Gasteiger partial charge on any atom is -0.356 e. The van der Waals surface area contributed by atoms with Gasteiger partial charge in [0.2, 0.25) is 0 Å². The SMILES string of the molecule is COC1O[C@H](c2ncn[nH]2)[C@@H](C)[C@H]1C. The first-order valence-corrected chi connectivity index (χ1v) is 4.77. The molecule has 1 aliphatic rings. The number of H-pyrrole nitrogens is 1. The monoisotopic (exact) mass is 197 g/mol. The second-order valence-corrected chi connectivity index (χ2v) is 3.75. The maximum Gasteiger partial charge on any atom is 0.161 e. The summed E-state index contributed by atoms with van der Waals surface area (Å²) in [5.74, 6) is 1.53. The molecule has 5 heteroatoms. The van der Waals surface area contributed by atoms with Crippen molar-refractivity contribution in [1.82, 2.24) is 15.2 Å². The number of hydrogen-bond donors (Lipinski definition) is 1.